The van der Waals surface area contributed by atoms with Crippen LogP contribution in [-0.2, 0) is 10.1 Å². The second kappa shape index (κ2) is 15.3. The maximum Gasteiger partial charge on any atom is 0.336 e. The predicted octanol–water partition coefficient (Wildman–Crippen LogP) is 2.94. The molecule has 2 saturated heterocycles. The topological polar surface area (TPSA) is 158 Å². The lowest BCUT2D eigenvalue weighted by Crippen LogP contribution is -2.48. The minimum absolute atomic E-state index is 0.0205. The summed E-state index contributed by atoms with van der Waals surface area (Å²) in [4.78, 5) is 31.4. The largest absolute Gasteiger partial charge is 0.545 e. The van der Waals surface area contributed by atoms with Crippen LogP contribution < -0.4 is 19.9 Å². The van der Waals surface area contributed by atoms with Crippen LogP contribution >= 0.6 is 0 Å². The lowest BCUT2D eigenvalue weighted by atomic mass is 9.89. The molecule has 0 amide bonds. The zero-order valence-electron chi connectivity index (χ0n) is 28.3. The summed E-state index contributed by atoms with van der Waals surface area (Å²) in [6.07, 6.45) is 3.43. The summed E-state index contributed by atoms with van der Waals surface area (Å²) in [7, 11) is -3.95. The van der Waals surface area contributed by atoms with E-state index < -0.39 is 22.1 Å². The van der Waals surface area contributed by atoms with E-state index in [4.69, 9.17) is 8.97 Å². The standard InChI is InChI=1S/C37H44N4O8S/c1-2-3-12-38-14-18-40(19-15-38)27-7-10-30-33(24-27)49-34-25-28(41-20-16-39(17-21-41)13-4-5-22-50(46,47)48)8-11-31(34)35(30)32-23-26(36(42)43)6-9-29(32)37(44)45/h6-11,23-25H,2-5,12-22H2,1H3,(H2-,42,43,44,45,46,47,48). The first-order valence-corrected chi connectivity index (χ1v) is 18.9. The summed E-state index contributed by atoms with van der Waals surface area (Å²) in [5.41, 5.74) is 2.89. The van der Waals surface area contributed by atoms with Crippen LogP contribution in [0.15, 0.2) is 59.0 Å². The number of nitrogens with zero attached hydrogens (tertiary/aromatic N) is 4. The second-order valence-electron chi connectivity index (χ2n) is 13.2. The van der Waals surface area contributed by atoms with Crippen molar-refractivity contribution in [3.63, 3.8) is 0 Å². The molecular weight excluding hydrogens is 660 g/mol. The van der Waals surface area contributed by atoms with Gasteiger partial charge in [-0.15, -0.1) is 0 Å². The van der Waals surface area contributed by atoms with Crippen molar-refractivity contribution >= 4 is 38.7 Å². The summed E-state index contributed by atoms with van der Waals surface area (Å²) in [6, 6.07) is 15.7. The van der Waals surface area contributed by atoms with Gasteiger partial charge in [-0.25, -0.2) is 9.37 Å². The molecule has 0 bridgehead atoms. The van der Waals surface area contributed by atoms with Crippen molar-refractivity contribution in [2.75, 3.05) is 76.1 Å². The maximum absolute atomic E-state index is 12.5. The van der Waals surface area contributed by atoms with Crippen molar-refractivity contribution in [3.05, 3.63) is 71.1 Å². The van der Waals surface area contributed by atoms with Gasteiger partial charge in [-0.3, -0.25) is 14.4 Å². The number of hydrogen-bond donors (Lipinski definition) is 2. The number of carboxylic acid groups (broad SMARTS) is 2. The number of carboxylic acids is 2. The third kappa shape index (κ3) is 8.18. The van der Waals surface area contributed by atoms with Gasteiger partial charge in [0, 0.05) is 60.5 Å². The van der Waals surface area contributed by atoms with Gasteiger partial charge in [0.2, 0.25) is 5.36 Å². The monoisotopic (exact) mass is 704 g/mol. The van der Waals surface area contributed by atoms with Crippen molar-refractivity contribution < 1.29 is 37.2 Å². The van der Waals surface area contributed by atoms with E-state index in [-0.39, 0.29) is 22.4 Å². The SMILES string of the molecule is CCCCN1CC[N+](=c2ccc3c(-c4cc(C(=O)[O-])ccc4C(=O)O)c4ccc(N5CCN(CCCCS(=O)(=O)O)CC5)cc4oc-3c2)CC1. The number of unbranched alkanes of at least 4 members (excludes halogenated alkanes) is 2. The summed E-state index contributed by atoms with van der Waals surface area (Å²) in [5, 5.41) is 23.8. The van der Waals surface area contributed by atoms with E-state index in [9.17, 15) is 28.2 Å². The summed E-state index contributed by atoms with van der Waals surface area (Å²) >= 11 is 0. The maximum atomic E-state index is 12.5. The predicted molar refractivity (Wildman–Crippen MR) is 190 cm³/mol. The number of carbonyl (C=O) groups is 2. The average Bonchev–Trinajstić information content (AvgIpc) is 3.10. The fraction of sp³-hybridized carbons (Fsp3) is 0.432. The van der Waals surface area contributed by atoms with E-state index in [1.54, 1.807) is 0 Å². The number of benzene rings is 3. The van der Waals surface area contributed by atoms with Gasteiger partial charge in [-0.05, 0) is 73.8 Å². The van der Waals surface area contributed by atoms with Crippen molar-refractivity contribution in [1.29, 1.82) is 0 Å². The second-order valence-corrected chi connectivity index (χ2v) is 14.8. The molecule has 0 spiro atoms. The lowest BCUT2D eigenvalue weighted by molar-refractivity contribution is -0.255. The van der Waals surface area contributed by atoms with Gasteiger partial charge < -0.3 is 24.3 Å². The van der Waals surface area contributed by atoms with Gasteiger partial charge in [-0.1, -0.05) is 19.4 Å². The number of carbonyl (C=O) groups excluding carboxylic acids is 1. The Bertz CT molecular complexity index is 2020. The molecule has 0 aromatic heterocycles. The first-order chi connectivity index (χ1) is 24.0. The number of fused-ring (bicyclic) bond motifs is 2. The van der Waals surface area contributed by atoms with Gasteiger partial charge in [0.25, 0.3) is 10.1 Å². The minimum Gasteiger partial charge on any atom is -0.545 e. The number of piperazine rings is 2. The Morgan fingerprint density at radius 3 is 2.26 bits per heavy atom. The summed E-state index contributed by atoms with van der Waals surface area (Å²) in [5.74, 6) is -2.22. The quantitative estimate of drug-likeness (QED) is 0.0967. The van der Waals surface area contributed by atoms with Crippen LogP contribution in [0.3, 0.4) is 0 Å². The van der Waals surface area contributed by atoms with Crippen molar-refractivity contribution in [3.8, 4) is 22.5 Å². The highest BCUT2D eigenvalue weighted by atomic mass is 32.2. The summed E-state index contributed by atoms with van der Waals surface area (Å²) in [6.45, 7) is 10.8. The van der Waals surface area contributed by atoms with Crippen LogP contribution in [0.1, 0.15) is 53.3 Å². The number of rotatable bonds is 12. The Balaban J connectivity index is 1.38. The van der Waals surface area contributed by atoms with Crippen LogP contribution in [0.5, 0.6) is 0 Å². The van der Waals surface area contributed by atoms with Gasteiger partial charge in [-0.2, -0.15) is 8.42 Å². The Morgan fingerprint density at radius 1 is 0.860 bits per heavy atom. The lowest BCUT2D eigenvalue weighted by Gasteiger charge is -2.36. The third-order valence-electron chi connectivity index (χ3n) is 9.87. The molecular formula is C37H44N4O8S. The third-order valence-corrected chi connectivity index (χ3v) is 10.7. The molecule has 13 heteroatoms. The first-order valence-electron chi connectivity index (χ1n) is 17.3. The number of aromatic carboxylic acids is 2. The molecule has 2 N–H and O–H groups in total. The molecule has 2 aromatic rings. The highest BCUT2D eigenvalue weighted by Gasteiger charge is 2.25. The van der Waals surface area contributed by atoms with Crippen LogP contribution in [0.4, 0.5) is 5.69 Å². The zero-order valence-corrected chi connectivity index (χ0v) is 29.2. The van der Waals surface area contributed by atoms with Crippen molar-refractivity contribution in [2.45, 2.75) is 32.6 Å². The first kappa shape index (κ1) is 35.5. The van der Waals surface area contributed by atoms with Gasteiger partial charge in [0.05, 0.1) is 36.4 Å². The molecule has 0 radical (unpaired) electrons. The normalized spacial score (nSPS) is 16.4. The fourth-order valence-electron chi connectivity index (χ4n) is 7.08. The molecule has 1 aliphatic carbocycles. The molecule has 2 aromatic carbocycles. The minimum atomic E-state index is -3.95. The van der Waals surface area contributed by atoms with E-state index in [1.165, 1.54) is 24.6 Å². The van der Waals surface area contributed by atoms with E-state index >= 15 is 0 Å². The van der Waals surface area contributed by atoms with E-state index in [0.29, 0.717) is 40.7 Å². The van der Waals surface area contributed by atoms with Crippen LogP contribution in [0.2, 0.25) is 0 Å². The van der Waals surface area contributed by atoms with Gasteiger partial charge in [0.15, 0.2) is 13.1 Å². The Morgan fingerprint density at radius 2 is 1.58 bits per heavy atom. The van der Waals surface area contributed by atoms with Gasteiger partial charge in [0.1, 0.15) is 11.3 Å². The molecule has 266 valence electrons. The van der Waals surface area contributed by atoms with Crippen LogP contribution in [-0.4, -0.2) is 111 Å². The summed E-state index contributed by atoms with van der Waals surface area (Å²) < 4.78 is 40.0. The molecule has 50 heavy (non-hydrogen) atoms. The van der Waals surface area contributed by atoms with Gasteiger partial charge >= 0.3 is 5.97 Å². The number of hydrogen-bond acceptors (Lipinski definition) is 9. The molecule has 12 nitrogen and oxygen atoms in total. The van der Waals surface area contributed by atoms with E-state index in [2.05, 4.69) is 26.2 Å². The molecule has 4 aliphatic rings. The molecule has 3 heterocycles. The Hall–Kier alpha value is -4.30. The highest BCUT2D eigenvalue weighted by Crippen LogP contribution is 2.42. The van der Waals surface area contributed by atoms with E-state index in [0.717, 1.165) is 82.9 Å². The molecule has 0 unspecified atom stereocenters. The molecule has 2 fully saturated rings. The van der Waals surface area contributed by atoms with Crippen molar-refractivity contribution in [1.82, 2.24) is 14.4 Å². The van der Waals surface area contributed by atoms with E-state index in [1.807, 2.05) is 36.4 Å². The molecule has 0 saturated carbocycles. The van der Waals surface area contributed by atoms with Crippen LogP contribution in [0.25, 0.3) is 33.4 Å². The molecule has 0 atom stereocenters. The Kier molecular flexibility index (Phi) is 10.9. The highest BCUT2D eigenvalue weighted by molar-refractivity contribution is 7.85. The fourth-order valence-corrected chi connectivity index (χ4v) is 7.65. The van der Waals surface area contributed by atoms with Crippen molar-refractivity contribution in [2.24, 2.45) is 0 Å². The van der Waals surface area contributed by atoms with Crippen LogP contribution in [0, 0.1) is 0 Å². The zero-order chi connectivity index (χ0) is 35.4. The number of anilines is 1. The molecule has 6 rings (SSSR count). The Labute approximate surface area is 291 Å². The molecule has 3 aliphatic heterocycles. The smallest absolute Gasteiger partial charge is 0.336 e. The average molecular weight is 705 g/mol.